The second-order valence-corrected chi connectivity index (χ2v) is 6.29. The molecule has 0 aliphatic carbocycles. The summed E-state index contributed by atoms with van der Waals surface area (Å²) in [6, 6.07) is 12.5. The van der Waals surface area contributed by atoms with Gasteiger partial charge in [0, 0.05) is 29.6 Å². The van der Waals surface area contributed by atoms with E-state index in [2.05, 4.69) is 10.5 Å². The molecule has 0 bridgehead atoms. The van der Waals surface area contributed by atoms with Crippen LogP contribution in [-0.4, -0.2) is 31.6 Å². The SMILES string of the molecule is NC(Cc1ccccc1Cl)=NOCC(=O)Nc1ccc2c(c1)OCCCO2. The fourth-order valence-corrected chi connectivity index (χ4v) is 2.68. The van der Waals surface area contributed by atoms with Crippen LogP contribution in [0, 0.1) is 0 Å². The third-order valence-corrected chi connectivity index (χ3v) is 4.11. The van der Waals surface area contributed by atoms with Crippen molar-refractivity contribution in [3.63, 3.8) is 0 Å². The van der Waals surface area contributed by atoms with Gasteiger partial charge in [0.1, 0.15) is 5.84 Å². The monoisotopic (exact) mass is 389 g/mol. The van der Waals surface area contributed by atoms with Gasteiger partial charge < -0.3 is 25.4 Å². The Morgan fingerprint density at radius 2 is 1.96 bits per heavy atom. The molecule has 2 aromatic carbocycles. The van der Waals surface area contributed by atoms with Crippen molar-refractivity contribution in [3.8, 4) is 11.5 Å². The highest BCUT2D eigenvalue weighted by Gasteiger charge is 2.12. The number of hydrogen-bond donors (Lipinski definition) is 2. The van der Waals surface area contributed by atoms with Crippen molar-refractivity contribution in [3.05, 3.63) is 53.1 Å². The van der Waals surface area contributed by atoms with Crippen LogP contribution in [0.1, 0.15) is 12.0 Å². The molecule has 1 aliphatic rings. The third-order valence-electron chi connectivity index (χ3n) is 3.74. The number of carbonyl (C=O) groups is 1. The zero-order valence-corrected chi connectivity index (χ0v) is 15.4. The van der Waals surface area contributed by atoms with E-state index in [0.717, 1.165) is 12.0 Å². The Hall–Kier alpha value is -2.93. The maximum atomic E-state index is 12.0. The Balaban J connectivity index is 1.49. The number of fused-ring (bicyclic) bond motifs is 1. The predicted octanol–water partition coefficient (Wildman–Crippen LogP) is 2.97. The average molecular weight is 390 g/mol. The fourth-order valence-electron chi connectivity index (χ4n) is 2.48. The molecule has 0 atom stereocenters. The quantitative estimate of drug-likeness (QED) is 0.450. The molecule has 8 heteroatoms. The van der Waals surface area contributed by atoms with Crippen LogP contribution < -0.4 is 20.5 Å². The lowest BCUT2D eigenvalue weighted by atomic mass is 10.1. The molecule has 1 aliphatic heterocycles. The van der Waals surface area contributed by atoms with E-state index in [1.807, 2.05) is 18.2 Å². The summed E-state index contributed by atoms with van der Waals surface area (Å²) in [6.45, 7) is 0.921. The minimum atomic E-state index is -0.362. The first-order valence-corrected chi connectivity index (χ1v) is 8.87. The predicted molar refractivity (Wildman–Crippen MR) is 103 cm³/mol. The summed E-state index contributed by atoms with van der Waals surface area (Å²) in [5.74, 6) is 1.14. The Morgan fingerprint density at radius 3 is 2.78 bits per heavy atom. The highest BCUT2D eigenvalue weighted by molar-refractivity contribution is 6.31. The summed E-state index contributed by atoms with van der Waals surface area (Å²) in [7, 11) is 0. The Bertz CT molecular complexity index is 841. The molecule has 1 heterocycles. The van der Waals surface area contributed by atoms with Gasteiger partial charge in [-0.3, -0.25) is 4.79 Å². The van der Waals surface area contributed by atoms with E-state index >= 15 is 0 Å². The number of anilines is 1. The normalized spacial score (nSPS) is 13.6. The van der Waals surface area contributed by atoms with Gasteiger partial charge in [0.15, 0.2) is 18.1 Å². The standard InChI is InChI=1S/C19H20ClN3O4/c20-15-5-2-1-4-13(15)10-18(21)23-27-12-19(24)22-14-6-7-16-17(11-14)26-9-3-8-25-16/h1-2,4-7,11H,3,8-10,12H2,(H2,21,23)(H,22,24). The number of amidine groups is 1. The Labute approximate surface area is 162 Å². The summed E-state index contributed by atoms with van der Waals surface area (Å²) in [5, 5.41) is 7.07. The Kier molecular flexibility index (Phi) is 6.38. The van der Waals surface area contributed by atoms with Gasteiger partial charge in [-0.05, 0) is 23.8 Å². The van der Waals surface area contributed by atoms with Crippen molar-refractivity contribution in [2.24, 2.45) is 10.9 Å². The van der Waals surface area contributed by atoms with Gasteiger partial charge in [-0.25, -0.2) is 0 Å². The van der Waals surface area contributed by atoms with Crippen LogP contribution >= 0.6 is 11.6 Å². The second-order valence-electron chi connectivity index (χ2n) is 5.88. The van der Waals surface area contributed by atoms with Gasteiger partial charge in [0.05, 0.1) is 13.2 Å². The summed E-state index contributed by atoms with van der Waals surface area (Å²) >= 11 is 6.07. The molecule has 0 fully saturated rings. The van der Waals surface area contributed by atoms with Crippen molar-refractivity contribution in [1.29, 1.82) is 0 Å². The minimum absolute atomic E-state index is 0.228. The number of nitrogens with one attached hydrogen (secondary N) is 1. The number of nitrogens with zero attached hydrogens (tertiary/aromatic N) is 1. The topological polar surface area (TPSA) is 95.2 Å². The van der Waals surface area contributed by atoms with E-state index < -0.39 is 0 Å². The zero-order chi connectivity index (χ0) is 19.1. The number of nitrogens with two attached hydrogens (primary N) is 1. The lowest BCUT2D eigenvalue weighted by Gasteiger charge is -2.10. The summed E-state index contributed by atoms with van der Waals surface area (Å²) in [6.07, 6.45) is 1.15. The largest absolute Gasteiger partial charge is 0.490 e. The fraction of sp³-hybridized carbons (Fsp3) is 0.263. The number of halogens is 1. The maximum Gasteiger partial charge on any atom is 0.265 e. The summed E-state index contributed by atoms with van der Waals surface area (Å²) in [4.78, 5) is 17.0. The van der Waals surface area contributed by atoms with Gasteiger partial charge in [-0.15, -0.1) is 0 Å². The molecule has 3 rings (SSSR count). The first kappa shape index (κ1) is 18.8. The van der Waals surface area contributed by atoms with Crippen molar-refractivity contribution in [2.75, 3.05) is 25.1 Å². The van der Waals surface area contributed by atoms with Crippen LogP contribution in [0.25, 0.3) is 0 Å². The first-order valence-electron chi connectivity index (χ1n) is 8.49. The van der Waals surface area contributed by atoms with Crippen LogP contribution in [0.15, 0.2) is 47.6 Å². The minimum Gasteiger partial charge on any atom is -0.490 e. The van der Waals surface area contributed by atoms with Crippen LogP contribution in [-0.2, 0) is 16.1 Å². The number of hydrogen-bond acceptors (Lipinski definition) is 5. The molecule has 0 saturated carbocycles. The molecule has 7 nitrogen and oxygen atoms in total. The van der Waals surface area contributed by atoms with Gasteiger partial charge in [0.25, 0.3) is 5.91 Å². The molecule has 1 amide bonds. The van der Waals surface area contributed by atoms with Gasteiger partial charge in [-0.2, -0.15) is 0 Å². The highest BCUT2D eigenvalue weighted by Crippen LogP contribution is 2.32. The molecule has 0 radical (unpaired) electrons. The van der Waals surface area contributed by atoms with Gasteiger partial charge in [0.2, 0.25) is 0 Å². The molecular formula is C19H20ClN3O4. The van der Waals surface area contributed by atoms with Crippen LogP contribution in [0.5, 0.6) is 11.5 Å². The number of carbonyl (C=O) groups excluding carboxylic acids is 1. The molecule has 0 aromatic heterocycles. The van der Waals surface area contributed by atoms with Gasteiger partial charge >= 0.3 is 0 Å². The van der Waals surface area contributed by atoms with Crippen molar-refractivity contribution >= 4 is 29.0 Å². The van der Waals surface area contributed by atoms with Crippen molar-refractivity contribution in [1.82, 2.24) is 0 Å². The third kappa shape index (κ3) is 5.52. The van der Waals surface area contributed by atoms with Crippen LogP contribution in [0.4, 0.5) is 5.69 Å². The average Bonchev–Trinajstić information content (AvgIpc) is 2.88. The van der Waals surface area contributed by atoms with Gasteiger partial charge in [-0.1, -0.05) is 35.0 Å². The van der Waals surface area contributed by atoms with Crippen molar-refractivity contribution < 1.29 is 19.1 Å². The molecule has 3 N–H and O–H groups in total. The Morgan fingerprint density at radius 1 is 1.19 bits per heavy atom. The van der Waals surface area contributed by atoms with E-state index in [0.29, 0.717) is 41.8 Å². The maximum absolute atomic E-state index is 12.0. The molecular weight excluding hydrogens is 370 g/mol. The number of amides is 1. The lowest BCUT2D eigenvalue weighted by Crippen LogP contribution is -2.20. The van der Waals surface area contributed by atoms with E-state index in [9.17, 15) is 4.79 Å². The van der Waals surface area contributed by atoms with Crippen LogP contribution in [0.2, 0.25) is 5.02 Å². The lowest BCUT2D eigenvalue weighted by molar-refractivity contribution is -0.120. The summed E-state index contributed by atoms with van der Waals surface area (Å²) in [5.41, 5.74) is 7.23. The van der Waals surface area contributed by atoms with Crippen LogP contribution in [0.3, 0.4) is 0 Å². The van der Waals surface area contributed by atoms with Crippen molar-refractivity contribution in [2.45, 2.75) is 12.8 Å². The molecule has 0 spiro atoms. The molecule has 0 saturated heterocycles. The number of oxime groups is 1. The molecule has 0 unspecified atom stereocenters. The molecule has 2 aromatic rings. The first-order chi connectivity index (χ1) is 13.1. The smallest absolute Gasteiger partial charge is 0.265 e. The van der Waals surface area contributed by atoms with E-state index in [-0.39, 0.29) is 18.3 Å². The molecule has 27 heavy (non-hydrogen) atoms. The number of rotatable bonds is 6. The second kappa shape index (κ2) is 9.14. The van der Waals surface area contributed by atoms with E-state index in [4.69, 9.17) is 31.6 Å². The number of benzene rings is 2. The van der Waals surface area contributed by atoms with E-state index in [1.165, 1.54) is 0 Å². The number of ether oxygens (including phenoxy) is 2. The summed E-state index contributed by atoms with van der Waals surface area (Å²) < 4.78 is 11.1. The molecule has 142 valence electrons. The zero-order valence-electron chi connectivity index (χ0n) is 14.6. The highest BCUT2D eigenvalue weighted by atomic mass is 35.5. The van der Waals surface area contributed by atoms with E-state index in [1.54, 1.807) is 24.3 Å².